The first-order chi connectivity index (χ1) is 6.03. The summed E-state index contributed by atoms with van der Waals surface area (Å²) in [5.41, 5.74) is 1.78. The number of hydrogen-bond acceptors (Lipinski definition) is 2. The second kappa shape index (κ2) is 4.09. The first-order valence-corrected chi connectivity index (χ1v) is 5.60. The summed E-state index contributed by atoms with van der Waals surface area (Å²) in [5, 5.41) is 0. The Hall–Kier alpha value is -0.580. The molecule has 0 atom stereocenters. The van der Waals surface area contributed by atoms with Crippen LogP contribution in [0, 0.1) is 6.92 Å². The van der Waals surface area contributed by atoms with Crippen LogP contribution in [0.2, 0.25) is 0 Å². The normalized spacial score (nSPS) is 11.5. The lowest BCUT2D eigenvalue weighted by Gasteiger charge is -2.11. The molecule has 0 aliphatic rings. The van der Waals surface area contributed by atoms with Gasteiger partial charge in [0.05, 0.1) is 15.8 Å². The zero-order chi connectivity index (χ0) is 9.90. The number of halogens is 1. The Morgan fingerprint density at radius 2 is 1.85 bits per heavy atom. The molecule has 0 amide bonds. The molecule has 0 radical (unpaired) electrons. The second-order valence-corrected chi connectivity index (χ2v) is 4.79. The van der Waals surface area contributed by atoms with Crippen molar-refractivity contribution in [2.45, 2.75) is 12.7 Å². The highest BCUT2D eigenvalue weighted by Crippen LogP contribution is 2.13. The fraction of sp³-hybridized carbons (Fsp3) is 0.250. The molecule has 0 fully saturated rings. The Morgan fingerprint density at radius 3 is 2.31 bits per heavy atom. The van der Waals surface area contributed by atoms with Gasteiger partial charge in [0, 0.05) is 0 Å². The minimum Gasteiger partial charge on any atom is -0.462 e. The van der Waals surface area contributed by atoms with Crippen molar-refractivity contribution in [3.63, 3.8) is 0 Å². The van der Waals surface area contributed by atoms with Crippen molar-refractivity contribution < 1.29 is 8.42 Å². The quantitative estimate of drug-likeness (QED) is 0.782. The van der Waals surface area contributed by atoms with E-state index in [1.807, 2.05) is 19.1 Å². The number of aryl methyl sites for hydroxylation is 1. The van der Waals surface area contributed by atoms with Gasteiger partial charge in [-0.2, -0.15) is 0 Å². The van der Waals surface area contributed by atoms with Gasteiger partial charge in [0.25, 0.3) is 0 Å². The van der Waals surface area contributed by atoms with Gasteiger partial charge in [0.2, 0.25) is 0 Å². The molecule has 72 valence electrons. The number of sulfonamides is 1. The van der Waals surface area contributed by atoms with Crippen LogP contribution in [0.3, 0.4) is 0 Å². The number of hydrogen-bond donors (Lipinski definition) is 0. The Bertz CT molecular complexity index is 372. The van der Waals surface area contributed by atoms with E-state index in [0.29, 0.717) is 5.56 Å². The lowest BCUT2D eigenvalue weighted by atomic mass is 10.2. The maximum Gasteiger partial charge on any atom is 0.0871 e. The smallest absolute Gasteiger partial charge is 0.0871 e. The van der Waals surface area contributed by atoms with Gasteiger partial charge in [-0.1, -0.05) is 29.8 Å². The van der Waals surface area contributed by atoms with E-state index in [-0.39, 0.29) is 5.75 Å². The number of rotatable bonds is 3. The van der Waals surface area contributed by atoms with E-state index >= 15 is 0 Å². The fourth-order valence-corrected chi connectivity index (χ4v) is 1.73. The van der Waals surface area contributed by atoms with Gasteiger partial charge < -0.3 is 4.24 Å². The van der Waals surface area contributed by atoms with Crippen LogP contribution in [0.1, 0.15) is 11.1 Å². The highest BCUT2D eigenvalue weighted by Gasteiger charge is 2.00. The van der Waals surface area contributed by atoms with Crippen molar-refractivity contribution in [1.82, 2.24) is 0 Å². The third-order valence-corrected chi connectivity index (χ3v) is 3.11. The van der Waals surface area contributed by atoms with Crippen LogP contribution in [0.4, 0.5) is 0 Å². The maximum absolute atomic E-state index is 11.0. The molecule has 0 spiro atoms. The van der Waals surface area contributed by atoms with Crippen molar-refractivity contribution in [1.29, 1.82) is 0 Å². The summed E-state index contributed by atoms with van der Waals surface area (Å²) in [6.45, 7) is 1.93. The van der Waals surface area contributed by atoms with Crippen LogP contribution in [0.15, 0.2) is 24.3 Å². The van der Waals surface area contributed by atoms with Gasteiger partial charge in [-0.3, -0.25) is 11.8 Å². The van der Waals surface area contributed by atoms with Gasteiger partial charge in [0.15, 0.2) is 0 Å². The Labute approximate surface area is 82.9 Å². The minimum atomic E-state index is -3.49. The third-order valence-electron chi connectivity index (χ3n) is 1.57. The summed E-state index contributed by atoms with van der Waals surface area (Å²) >= 11 is 4.91. The van der Waals surface area contributed by atoms with Gasteiger partial charge >= 0.3 is 0 Å². The van der Waals surface area contributed by atoms with Gasteiger partial charge in [0.1, 0.15) is 0 Å². The second-order valence-electron chi connectivity index (χ2n) is 2.78. The SMILES string of the molecule is Cc1ccc(CS(=O)(=O)[N-]Cl)cc1. The lowest BCUT2D eigenvalue weighted by Crippen LogP contribution is -1.99. The molecule has 0 aromatic heterocycles. The average molecular weight is 219 g/mol. The van der Waals surface area contributed by atoms with Crippen LogP contribution >= 0.6 is 11.8 Å². The molecule has 1 aromatic carbocycles. The minimum absolute atomic E-state index is 0.142. The molecule has 0 saturated carbocycles. The van der Waals surface area contributed by atoms with E-state index in [4.69, 9.17) is 11.8 Å². The molecule has 3 nitrogen and oxygen atoms in total. The van der Waals surface area contributed by atoms with Crippen molar-refractivity contribution >= 4 is 21.8 Å². The average Bonchev–Trinajstić information content (AvgIpc) is 2.09. The van der Waals surface area contributed by atoms with Crippen LogP contribution in [-0.2, 0) is 15.8 Å². The van der Waals surface area contributed by atoms with Crippen LogP contribution in [-0.4, -0.2) is 8.42 Å². The van der Waals surface area contributed by atoms with Gasteiger partial charge in [-0.05, 0) is 12.5 Å². The molecule has 0 bridgehead atoms. The molecule has 0 heterocycles. The Kier molecular flexibility index (Phi) is 3.30. The first kappa shape index (κ1) is 10.5. The molecule has 0 saturated heterocycles. The predicted molar refractivity (Wildman–Crippen MR) is 53.0 cm³/mol. The molecule has 13 heavy (non-hydrogen) atoms. The van der Waals surface area contributed by atoms with E-state index in [2.05, 4.69) is 4.24 Å². The van der Waals surface area contributed by atoms with E-state index < -0.39 is 10.0 Å². The summed E-state index contributed by atoms with van der Waals surface area (Å²) in [4.78, 5) is 0. The predicted octanol–water partition coefficient (Wildman–Crippen LogP) is 2.35. The zero-order valence-electron chi connectivity index (χ0n) is 7.07. The molecule has 0 N–H and O–H groups in total. The van der Waals surface area contributed by atoms with E-state index in [1.165, 1.54) is 0 Å². The van der Waals surface area contributed by atoms with Gasteiger partial charge in [-0.25, -0.2) is 8.42 Å². The summed E-state index contributed by atoms with van der Waals surface area (Å²) in [7, 11) is -3.49. The van der Waals surface area contributed by atoms with Crippen molar-refractivity contribution in [3.8, 4) is 0 Å². The molecule has 0 aliphatic heterocycles. The van der Waals surface area contributed by atoms with Crippen molar-refractivity contribution in [3.05, 3.63) is 39.6 Å². The number of benzene rings is 1. The van der Waals surface area contributed by atoms with Crippen LogP contribution < -0.4 is 0 Å². The Morgan fingerprint density at radius 1 is 1.31 bits per heavy atom. The summed E-state index contributed by atoms with van der Waals surface area (Å²) < 4.78 is 24.7. The van der Waals surface area contributed by atoms with Crippen molar-refractivity contribution in [2.24, 2.45) is 0 Å². The highest BCUT2D eigenvalue weighted by atomic mass is 35.5. The van der Waals surface area contributed by atoms with E-state index in [9.17, 15) is 8.42 Å². The molecule has 1 rings (SSSR count). The molecule has 5 heteroatoms. The van der Waals surface area contributed by atoms with E-state index in [1.54, 1.807) is 12.1 Å². The molecular formula is C8H9ClNO2S-. The van der Waals surface area contributed by atoms with Crippen LogP contribution in [0.25, 0.3) is 4.24 Å². The van der Waals surface area contributed by atoms with Crippen molar-refractivity contribution in [2.75, 3.05) is 0 Å². The van der Waals surface area contributed by atoms with E-state index in [0.717, 1.165) is 5.56 Å². The maximum atomic E-state index is 11.0. The lowest BCUT2D eigenvalue weighted by molar-refractivity contribution is 0.603. The monoisotopic (exact) mass is 218 g/mol. The van der Waals surface area contributed by atoms with Gasteiger partial charge in [-0.15, -0.1) is 0 Å². The molecule has 1 aromatic rings. The molecule has 0 unspecified atom stereocenters. The largest absolute Gasteiger partial charge is 0.462 e. The first-order valence-electron chi connectivity index (χ1n) is 3.65. The number of nitrogens with zero attached hydrogens (tertiary/aromatic N) is 1. The Balaban J connectivity index is 2.82. The summed E-state index contributed by atoms with van der Waals surface area (Å²) in [6.07, 6.45) is 0. The molecule has 0 aliphatic carbocycles. The standard InChI is InChI=1S/C8H9ClNO2S/c1-7-2-4-8(5-3-7)6-13(11,12)10-9/h2-5H,6H2,1H3/q-1. The topological polar surface area (TPSA) is 48.2 Å². The summed E-state index contributed by atoms with van der Waals surface area (Å²) in [5.74, 6) is -0.142. The van der Waals surface area contributed by atoms with Crippen LogP contribution in [0.5, 0.6) is 0 Å². The summed E-state index contributed by atoms with van der Waals surface area (Å²) in [6, 6.07) is 7.18. The highest BCUT2D eigenvalue weighted by molar-refractivity contribution is 7.94. The molecular weight excluding hydrogens is 210 g/mol. The fourth-order valence-electron chi connectivity index (χ4n) is 0.919. The zero-order valence-corrected chi connectivity index (χ0v) is 8.64. The third kappa shape index (κ3) is 3.34.